The summed E-state index contributed by atoms with van der Waals surface area (Å²) in [5, 5.41) is 1.29. The van der Waals surface area contributed by atoms with Crippen molar-refractivity contribution in [2.24, 2.45) is 0 Å². The van der Waals surface area contributed by atoms with Crippen LogP contribution in [0.1, 0.15) is 43.7 Å². The summed E-state index contributed by atoms with van der Waals surface area (Å²) in [7, 11) is 2.85. The fourth-order valence-corrected chi connectivity index (χ4v) is 6.18. The number of pyridine rings is 2. The number of likely N-dealkylation sites (N-methyl/N-ethyl adjacent to an activating group) is 1. The van der Waals surface area contributed by atoms with Gasteiger partial charge in [-0.2, -0.15) is 0 Å². The summed E-state index contributed by atoms with van der Waals surface area (Å²) in [4.78, 5) is 36.7. The van der Waals surface area contributed by atoms with Crippen LogP contribution < -0.4 is 26.5 Å². The van der Waals surface area contributed by atoms with E-state index in [9.17, 15) is 27.2 Å². The number of nitrogens with zero attached hydrogens (tertiary/aromatic N) is 3. The molecule has 0 spiro atoms. The first-order chi connectivity index (χ1) is 24.9. The SMILES string of the molecule is C1CCOC1.CC(=O)C1CCc2c(-c3ccc(F)cc3F)cc(Cl)nc2O1.CON(C)C(=O)C1CCc2c(-c3ccc(F)cc3F)cc(Cl)nc2O1.[Br-].[CH3-].[Mg+2]. The van der Waals surface area contributed by atoms with E-state index < -0.39 is 35.5 Å². The first-order valence-corrected chi connectivity index (χ1v) is 17.1. The molecule has 2 aromatic heterocycles. The van der Waals surface area contributed by atoms with E-state index in [2.05, 4.69) is 9.97 Å². The van der Waals surface area contributed by atoms with Gasteiger partial charge in [0.2, 0.25) is 11.8 Å². The number of amides is 1. The minimum absolute atomic E-state index is 0. The molecule has 3 aliphatic rings. The van der Waals surface area contributed by atoms with Gasteiger partial charge in [-0.25, -0.2) is 32.6 Å². The number of hydroxylamine groups is 2. The van der Waals surface area contributed by atoms with Crippen LogP contribution in [0.3, 0.4) is 0 Å². The van der Waals surface area contributed by atoms with Crippen LogP contribution in [0.25, 0.3) is 22.3 Å². The number of hydrogen-bond acceptors (Lipinski definition) is 8. The van der Waals surface area contributed by atoms with E-state index in [1.807, 2.05) is 0 Å². The van der Waals surface area contributed by atoms with Crippen LogP contribution in [0.15, 0.2) is 48.5 Å². The van der Waals surface area contributed by atoms with Gasteiger partial charge in [-0.05, 0) is 93.0 Å². The van der Waals surface area contributed by atoms with E-state index >= 15 is 0 Å². The van der Waals surface area contributed by atoms with Gasteiger partial charge < -0.3 is 38.6 Å². The molecule has 0 aliphatic carbocycles. The third kappa shape index (κ3) is 12.2. The zero-order chi connectivity index (χ0) is 37.5. The first kappa shape index (κ1) is 48.1. The van der Waals surface area contributed by atoms with E-state index in [1.165, 1.54) is 70.3 Å². The Kier molecular flexibility index (Phi) is 19.3. The maximum absolute atomic E-state index is 14.2. The molecule has 1 saturated heterocycles. The van der Waals surface area contributed by atoms with Crippen molar-refractivity contribution in [2.45, 2.75) is 57.7 Å². The molecule has 9 nitrogen and oxygen atoms in total. The topological polar surface area (TPSA) is 100 Å². The van der Waals surface area contributed by atoms with Crippen molar-refractivity contribution in [3.05, 3.63) is 101 Å². The minimum Gasteiger partial charge on any atom is -1.00 e. The predicted molar refractivity (Wildman–Crippen MR) is 197 cm³/mol. The number of rotatable bonds is 5. The van der Waals surface area contributed by atoms with Crippen LogP contribution in [0.5, 0.6) is 11.8 Å². The molecule has 0 N–H and O–H groups in total. The Bertz CT molecular complexity index is 1960. The summed E-state index contributed by atoms with van der Waals surface area (Å²) in [5.41, 5.74) is 2.70. The first-order valence-electron chi connectivity index (χ1n) is 16.4. The van der Waals surface area contributed by atoms with Gasteiger partial charge in [0.25, 0.3) is 5.91 Å². The summed E-state index contributed by atoms with van der Waals surface area (Å²) < 4.78 is 70.6. The molecule has 1 fully saturated rings. The summed E-state index contributed by atoms with van der Waals surface area (Å²) in [6, 6.07) is 9.69. The zero-order valence-corrected chi connectivity index (χ0v) is 35.1. The minimum atomic E-state index is -0.769. The van der Waals surface area contributed by atoms with E-state index in [0.717, 1.165) is 30.4 Å². The smallest absolute Gasteiger partial charge is 1.00 e. The van der Waals surface area contributed by atoms with Crippen LogP contribution >= 0.6 is 23.2 Å². The molecule has 2 aromatic carbocycles. The fourth-order valence-electron chi connectivity index (χ4n) is 5.81. The number of carbonyl (C=O) groups is 2. The van der Waals surface area contributed by atoms with Gasteiger partial charge in [0.05, 0.1) is 7.11 Å². The van der Waals surface area contributed by atoms with Gasteiger partial charge in [-0.15, -0.1) is 0 Å². The molecule has 7 rings (SSSR count). The Morgan fingerprint density at radius 1 is 0.764 bits per heavy atom. The Balaban J connectivity index is 0.000000322. The Hall–Kier alpha value is -3.05. The van der Waals surface area contributed by atoms with E-state index in [1.54, 1.807) is 0 Å². The van der Waals surface area contributed by atoms with Crippen LogP contribution in [-0.2, 0) is 32.0 Å². The fraction of sp³-hybridized carbons (Fsp3) is 0.342. The molecule has 0 bridgehead atoms. The average Bonchev–Trinajstić information content (AvgIpc) is 3.71. The molecule has 17 heteroatoms. The number of fused-ring (bicyclic) bond motifs is 2. The summed E-state index contributed by atoms with van der Waals surface area (Å²) in [6.45, 7) is 3.45. The third-order valence-corrected chi connectivity index (χ3v) is 8.90. The normalized spacial score (nSPS) is 16.2. The maximum Gasteiger partial charge on any atom is 2.00 e. The number of Topliss-reactive ketones (excluding diaryl/α,β-unsaturated/α-hetero) is 1. The monoisotopic (exact) mass is 881 g/mol. The van der Waals surface area contributed by atoms with Crippen molar-refractivity contribution >= 4 is 57.9 Å². The number of ether oxygens (including phenoxy) is 3. The van der Waals surface area contributed by atoms with E-state index in [-0.39, 0.29) is 92.3 Å². The summed E-state index contributed by atoms with van der Waals surface area (Å²) >= 11 is 12.0. The number of carbonyl (C=O) groups excluding carboxylic acids is 2. The largest absolute Gasteiger partial charge is 2.00 e. The second kappa shape index (κ2) is 22.0. The third-order valence-electron chi connectivity index (χ3n) is 8.51. The Morgan fingerprint density at radius 2 is 1.20 bits per heavy atom. The second-order valence-electron chi connectivity index (χ2n) is 12.0. The molecule has 0 saturated carbocycles. The van der Waals surface area contributed by atoms with Gasteiger partial charge in [-0.1, -0.05) is 23.2 Å². The van der Waals surface area contributed by atoms with Crippen LogP contribution in [0.2, 0.25) is 10.3 Å². The molecule has 55 heavy (non-hydrogen) atoms. The number of benzene rings is 2. The van der Waals surface area contributed by atoms with Gasteiger partial charge >= 0.3 is 23.1 Å². The van der Waals surface area contributed by atoms with Crippen molar-refractivity contribution in [3.63, 3.8) is 0 Å². The quantitative estimate of drug-likeness (QED) is 0.0885. The van der Waals surface area contributed by atoms with Gasteiger partial charge in [-0.3, -0.25) is 14.4 Å². The summed E-state index contributed by atoms with van der Waals surface area (Å²) in [6.07, 6.45) is 3.02. The number of halogens is 7. The van der Waals surface area contributed by atoms with Crippen LogP contribution in [-0.4, -0.2) is 89.4 Å². The standard InChI is InChI=1S/C17H15ClF2N2O3.C16H12ClF2NO2.C4H8O.CH3.BrH.Mg/c1-22(24-2)17(23)14-6-5-11-12(8-15(18)21-16(11)25-14)10-4-3-9(19)7-13(10)20;1-8(21)14-5-4-11-12(7-15(17)20-16(11)22-14)10-3-2-9(18)6-13(10)19;1-2-4-5-3-1;;;/h3-4,7-8,14H,5-6H2,1-2H3;2-3,6-7,14H,4-5H2,1H3;1-4H2;1H3;1H;/q;;;-1;;+2/p-1. The van der Waals surface area contributed by atoms with E-state index in [0.29, 0.717) is 47.9 Å². The number of hydrogen-bond donors (Lipinski definition) is 0. The van der Waals surface area contributed by atoms with Crippen LogP contribution in [0.4, 0.5) is 17.6 Å². The van der Waals surface area contributed by atoms with Crippen molar-refractivity contribution < 1.29 is 63.2 Å². The number of aromatic nitrogens is 2. The van der Waals surface area contributed by atoms with E-state index in [4.69, 9.17) is 42.3 Å². The molecule has 3 aliphatic heterocycles. The van der Waals surface area contributed by atoms with Gasteiger partial charge in [0.15, 0.2) is 18.0 Å². The van der Waals surface area contributed by atoms with Crippen molar-refractivity contribution in [1.82, 2.24) is 15.0 Å². The average molecular weight is 884 g/mol. The maximum atomic E-state index is 14.2. The van der Waals surface area contributed by atoms with Crippen molar-refractivity contribution in [3.8, 4) is 34.0 Å². The molecular weight excluding hydrogens is 846 g/mol. The van der Waals surface area contributed by atoms with Crippen molar-refractivity contribution in [2.75, 3.05) is 27.4 Å². The Labute approximate surface area is 353 Å². The van der Waals surface area contributed by atoms with Crippen LogP contribution in [0, 0.1) is 30.7 Å². The molecule has 5 heterocycles. The molecule has 2 unspecified atom stereocenters. The summed E-state index contributed by atoms with van der Waals surface area (Å²) in [5.74, 6) is -2.76. The molecule has 4 aromatic rings. The molecule has 0 radical (unpaired) electrons. The Morgan fingerprint density at radius 3 is 1.58 bits per heavy atom. The molecule has 292 valence electrons. The molecular formula is C38H38BrCl2F4MgN3O6. The zero-order valence-electron chi connectivity index (χ0n) is 30.6. The van der Waals surface area contributed by atoms with Gasteiger partial charge in [0, 0.05) is 54.6 Å². The number of ketones is 1. The predicted octanol–water partition coefficient (Wildman–Crippen LogP) is 5.23. The second-order valence-corrected chi connectivity index (χ2v) is 12.8. The molecule has 1 amide bonds. The van der Waals surface area contributed by atoms with Crippen molar-refractivity contribution in [1.29, 1.82) is 0 Å². The van der Waals surface area contributed by atoms with Gasteiger partial charge in [0.1, 0.15) is 33.6 Å². The molecule has 2 atom stereocenters.